The summed E-state index contributed by atoms with van der Waals surface area (Å²) in [6, 6.07) is 1.60. The van der Waals surface area contributed by atoms with Crippen LogP contribution in [-0.2, 0) is 19.9 Å². The molecule has 1 N–H and O–H groups in total. The first-order valence-corrected chi connectivity index (χ1v) is 8.64. The van der Waals surface area contributed by atoms with Gasteiger partial charge in [0.15, 0.2) is 5.69 Å². The summed E-state index contributed by atoms with van der Waals surface area (Å²) < 4.78 is 14.6. The molecular weight excluding hydrogens is 376 g/mol. The normalized spacial score (nSPS) is 21.2. The first-order chi connectivity index (χ1) is 11.4. The van der Waals surface area contributed by atoms with Crippen LogP contribution in [0.4, 0.5) is 0 Å². The molecule has 3 heterocycles. The summed E-state index contributed by atoms with van der Waals surface area (Å²) in [5.41, 5.74) is 3.78. The molecule has 0 saturated heterocycles. The number of benzene rings is 1. The van der Waals surface area contributed by atoms with Gasteiger partial charge in [-0.3, -0.25) is 4.68 Å². The van der Waals surface area contributed by atoms with Crippen LogP contribution in [-0.4, -0.2) is 33.1 Å². The third kappa shape index (κ3) is 2.14. The Morgan fingerprint density at radius 3 is 2.50 bits per heavy atom. The van der Waals surface area contributed by atoms with Gasteiger partial charge in [0.25, 0.3) is 0 Å². The molecule has 2 atom stereocenters. The van der Waals surface area contributed by atoms with Gasteiger partial charge in [-0.05, 0) is 35.8 Å². The first-order valence-electron chi connectivity index (χ1n) is 7.85. The molecule has 1 aromatic heterocycles. The monoisotopic (exact) mass is 392 g/mol. The molecule has 0 aliphatic carbocycles. The van der Waals surface area contributed by atoms with Crippen molar-refractivity contribution in [3.05, 3.63) is 27.4 Å². The van der Waals surface area contributed by atoms with E-state index in [9.17, 15) is 9.90 Å². The molecule has 0 saturated carbocycles. The van der Waals surface area contributed by atoms with Crippen molar-refractivity contribution >= 4 is 21.9 Å². The minimum absolute atomic E-state index is 0.0240. The van der Waals surface area contributed by atoms with Gasteiger partial charge < -0.3 is 14.6 Å². The van der Waals surface area contributed by atoms with Crippen LogP contribution < -0.4 is 9.47 Å². The van der Waals surface area contributed by atoms with Gasteiger partial charge in [-0.25, -0.2) is 4.79 Å². The van der Waals surface area contributed by atoms with Crippen LogP contribution in [0.5, 0.6) is 11.5 Å². The van der Waals surface area contributed by atoms with E-state index in [1.165, 1.54) is 0 Å². The molecule has 4 rings (SSSR count). The Balaban J connectivity index is 2.01. The van der Waals surface area contributed by atoms with Crippen LogP contribution in [0.2, 0.25) is 0 Å². The van der Waals surface area contributed by atoms with Crippen molar-refractivity contribution in [2.24, 2.45) is 7.05 Å². The minimum Gasteiger partial charge on any atom is -0.489 e. The maximum absolute atomic E-state index is 11.3. The number of hydrogen-bond acceptors (Lipinski definition) is 4. The molecule has 0 fully saturated rings. The number of aryl methyl sites for hydroxylation is 1. The van der Waals surface area contributed by atoms with Crippen LogP contribution in [0.3, 0.4) is 0 Å². The predicted molar refractivity (Wildman–Crippen MR) is 90.9 cm³/mol. The average molecular weight is 393 g/mol. The van der Waals surface area contributed by atoms with Crippen molar-refractivity contribution in [1.82, 2.24) is 9.78 Å². The maximum Gasteiger partial charge on any atom is 0.356 e. The zero-order chi connectivity index (χ0) is 17.2. The molecule has 2 unspecified atom stereocenters. The van der Waals surface area contributed by atoms with E-state index in [2.05, 4.69) is 21.0 Å². The van der Waals surface area contributed by atoms with Crippen molar-refractivity contribution in [3.8, 4) is 22.8 Å². The van der Waals surface area contributed by atoms with Gasteiger partial charge >= 0.3 is 5.97 Å². The van der Waals surface area contributed by atoms with E-state index in [4.69, 9.17) is 9.47 Å². The lowest BCUT2D eigenvalue weighted by Gasteiger charge is -2.15. The van der Waals surface area contributed by atoms with Gasteiger partial charge in [0.05, 0.1) is 10.2 Å². The molecule has 0 amide bonds. The van der Waals surface area contributed by atoms with Crippen molar-refractivity contribution in [1.29, 1.82) is 0 Å². The summed E-state index contributed by atoms with van der Waals surface area (Å²) in [6.07, 6.45) is 1.68. The Hall–Kier alpha value is -2.02. The van der Waals surface area contributed by atoms with Crippen molar-refractivity contribution < 1.29 is 19.4 Å². The Kier molecular flexibility index (Phi) is 3.38. The highest BCUT2D eigenvalue weighted by Crippen LogP contribution is 2.52. The summed E-state index contributed by atoms with van der Waals surface area (Å²) >= 11 is 3.67. The lowest BCUT2D eigenvalue weighted by Crippen LogP contribution is -2.07. The van der Waals surface area contributed by atoms with Gasteiger partial charge in [0.2, 0.25) is 0 Å². The van der Waals surface area contributed by atoms with Crippen LogP contribution in [0.25, 0.3) is 11.3 Å². The number of hydrogen-bond donors (Lipinski definition) is 1. The molecule has 0 radical (unpaired) electrons. The van der Waals surface area contributed by atoms with Crippen molar-refractivity contribution in [2.45, 2.75) is 38.9 Å². The summed E-state index contributed by atoms with van der Waals surface area (Å²) in [6.45, 7) is 4.05. The van der Waals surface area contributed by atoms with Crippen molar-refractivity contribution in [3.63, 3.8) is 0 Å². The molecular formula is C17H17BrN2O4. The van der Waals surface area contributed by atoms with E-state index in [0.717, 1.165) is 51.2 Å². The fourth-order valence-electron chi connectivity index (χ4n) is 3.54. The van der Waals surface area contributed by atoms with Gasteiger partial charge in [-0.2, -0.15) is 5.10 Å². The number of carboxylic acids is 1. The number of rotatable bonds is 2. The smallest absolute Gasteiger partial charge is 0.356 e. The van der Waals surface area contributed by atoms with Gasteiger partial charge in [0.1, 0.15) is 23.7 Å². The standard InChI is InChI=1S/C17H17BrN2O4/c1-7-4-9-13(12-6-11(17(21)22)19-20(12)3)15-10(5-8(2)23-15)14(18)16(9)24-7/h6-8H,4-5H2,1-3H3,(H,21,22). The highest BCUT2D eigenvalue weighted by Gasteiger charge is 2.36. The number of carbonyl (C=O) groups is 1. The molecule has 2 aromatic rings. The largest absolute Gasteiger partial charge is 0.489 e. The number of aromatic carboxylic acids is 1. The summed E-state index contributed by atoms with van der Waals surface area (Å²) in [5.74, 6) is 0.610. The Morgan fingerprint density at radius 2 is 1.88 bits per heavy atom. The number of carboxylic acid groups (broad SMARTS) is 1. The average Bonchev–Trinajstić information content (AvgIpc) is 3.17. The third-order valence-electron chi connectivity index (χ3n) is 4.52. The fourth-order valence-corrected chi connectivity index (χ4v) is 4.21. The zero-order valence-electron chi connectivity index (χ0n) is 13.6. The van der Waals surface area contributed by atoms with Crippen LogP contribution in [0.1, 0.15) is 35.5 Å². The van der Waals surface area contributed by atoms with E-state index in [1.54, 1.807) is 17.8 Å². The van der Waals surface area contributed by atoms with E-state index in [-0.39, 0.29) is 17.9 Å². The van der Waals surface area contributed by atoms with E-state index in [1.807, 2.05) is 13.8 Å². The lowest BCUT2D eigenvalue weighted by molar-refractivity contribution is 0.0689. The third-order valence-corrected chi connectivity index (χ3v) is 5.36. The van der Waals surface area contributed by atoms with E-state index < -0.39 is 5.97 Å². The van der Waals surface area contributed by atoms with Crippen LogP contribution in [0, 0.1) is 0 Å². The number of fused-ring (bicyclic) bond motifs is 2. The van der Waals surface area contributed by atoms with E-state index in [0.29, 0.717) is 0 Å². The second-order valence-electron chi connectivity index (χ2n) is 6.41. The van der Waals surface area contributed by atoms with E-state index >= 15 is 0 Å². The molecule has 2 aliphatic rings. The SMILES string of the molecule is CC1Cc2c(c(Br)c3c(c2-c2cc(C(=O)O)nn2C)OC(C)C3)O1. The summed E-state index contributed by atoms with van der Waals surface area (Å²) in [5, 5.41) is 13.4. The topological polar surface area (TPSA) is 73.6 Å². The van der Waals surface area contributed by atoms with Crippen molar-refractivity contribution in [2.75, 3.05) is 0 Å². The number of nitrogens with zero attached hydrogens (tertiary/aromatic N) is 2. The molecule has 0 spiro atoms. The molecule has 1 aromatic carbocycles. The molecule has 7 heteroatoms. The highest BCUT2D eigenvalue weighted by molar-refractivity contribution is 9.10. The fraction of sp³-hybridized carbons (Fsp3) is 0.412. The Morgan fingerprint density at radius 1 is 1.25 bits per heavy atom. The van der Waals surface area contributed by atoms with Gasteiger partial charge in [-0.1, -0.05) is 0 Å². The zero-order valence-corrected chi connectivity index (χ0v) is 15.2. The van der Waals surface area contributed by atoms with Gasteiger partial charge in [0, 0.05) is 36.6 Å². The molecule has 2 aliphatic heterocycles. The quantitative estimate of drug-likeness (QED) is 0.849. The second kappa shape index (κ2) is 5.24. The second-order valence-corrected chi connectivity index (χ2v) is 7.21. The minimum atomic E-state index is -1.04. The highest BCUT2D eigenvalue weighted by atomic mass is 79.9. The molecule has 0 bridgehead atoms. The Labute approximate surface area is 147 Å². The van der Waals surface area contributed by atoms with Gasteiger partial charge in [-0.15, -0.1) is 0 Å². The molecule has 126 valence electrons. The summed E-state index contributed by atoms with van der Waals surface area (Å²) in [4.78, 5) is 11.3. The molecule has 24 heavy (non-hydrogen) atoms. The number of aromatic nitrogens is 2. The lowest BCUT2D eigenvalue weighted by atomic mass is 9.95. The number of halogens is 1. The predicted octanol–water partition coefficient (Wildman–Crippen LogP) is 3.19. The number of ether oxygens (including phenoxy) is 2. The first kappa shape index (κ1) is 15.5. The van der Waals surface area contributed by atoms with Crippen LogP contribution >= 0.6 is 15.9 Å². The summed E-state index contributed by atoms with van der Waals surface area (Å²) in [7, 11) is 1.75. The molecule has 6 nitrogen and oxygen atoms in total. The van der Waals surface area contributed by atoms with Crippen LogP contribution in [0.15, 0.2) is 10.5 Å². The Bertz CT molecular complexity index is 835. The maximum atomic E-state index is 11.3.